The van der Waals surface area contributed by atoms with Crippen molar-refractivity contribution >= 4 is 0 Å². The zero-order valence-electron chi connectivity index (χ0n) is 14.5. The molecule has 0 radical (unpaired) electrons. The molecule has 122 valence electrons. The molecule has 2 N–H and O–H groups in total. The summed E-state index contributed by atoms with van der Waals surface area (Å²) < 4.78 is 0. The summed E-state index contributed by atoms with van der Waals surface area (Å²) >= 11 is 0. The van der Waals surface area contributed by atoms with E-state index in [0.29, 0.717) is 5.92 Å². The number of nitrogens with zero attached hydrogens (tertiary/aromatic N) is 1. The van der Waals surface area contributed by atoms with Gasteiger partial charge in [-0.3, -0.25) is 4.90 Å². The summed E-state index contributed by atoms with van der Waals surface area (Å²) in [5, 5.41) is 0. The summed E-state index contributed by atoms with van der Waals surface area (Å²) in [6, 6.07) is 20.0. The predicted octanol–water partition coefficient (Wildman–Crippen LogP) is 3.91. The number of benzene rings is 2. The molecule has 1 heterocycles. The molecule has 2 aromatic carbocycles. The fourth-order valence-corrected chi connectivity index (χ4v) is 3.47. The number of rotatable bonds is 3. The molecule has 2 heteroatoms. The second kappa shape index (κ2) is 6.46. The summed E-state index contributed by atoms with van der Waals surface area (Å²) in [7, 11) is 0. The van der Waals surface area contributed by atoms with Gasteiger partial charge in [-0.05, 0) is 22.1 Å². The topological polar surface area (TPSA) is 29.3 Å². The second-order valence-corrected chi connectivity index (χ2v) is 7.82. The van der Waals surface area contributed by atoms with Crippen LogP contribution in [-0.2, 0) is 12.0 Å². The molecule has 2 aromatic rings. The highest BCUT2D eigenvalue weighted by Gasteiger charge is 2.31. The molecular weight excluding hydrogens is 280 g/mol. The van der Waals surface area contributed by atoms with Crippen LogP contribution < -0.4 is 5.73 Å². The molecule has 1 aliphatic rings. The largest absolute Gasteiger partial charge is 0.326 e. The summed E-state index contributed by atoms with van der Waals surface area (Å²) in [4.78, 5) is 2.47. The van der Waals surface area contributed by atoms with E-state index in [2.05, 4.69) is 80.3 Å². The molecule has 1 saturated heterocycles. The molecular formula is C21H28N2. The summed E-state index contributed by atoms with van der Waals surface area (Å²) in [6.07, 6.45) is 0. The van der Waals surface area contributed by atoms with Crippen molar-refractivity contribution in [3.8, 4) is 0 Å². The Kier molecular flexibility index (Phi) is 4.56. The summed E-state index contributed by atoms with van der Waals surface area (Å²) in [6.45, 7) is 9.78. The third-order valence-corrected chi connectivity index (χ3v) is 4.89. The average molecular weight is 308 g/mol. The van der Waals surface area contributed by atoms with Gasteiger partial charge in [0.1, 0.15) is 0 Å². The predicted molar refractivity (Wildman–Crippen MR) is 97.6 cm³/mol. The van der Waals surface area contributed by atoms with Crippen LogP contribution >= 0.6 is 0 Å². The van der Waals surface area contributed by atoms with Crippen molar-refractivity contribution < 1.29 is 0 Å². The maximum atomic E-state index is 6.44. The molecule has 3 rings (SSSR count). The molecule has 2 atom stereocenters. The molecule has 0 spiro atoms. The quantitative estimate of drug-likeness (QED) is 0.931. The van der Waals surface area contributed by atoms with E-state index in [1.165, 1.54) is 16.7 Å². The SMILES string of the molecule is CC(C)(C)c1ccc(C2CN(Cc3ccccc3)CC2N)cc1. The minimum atomic E-state index is 0.204. The van der Waals surface area contributed by atoms with Crippen LogP contribution in [0.3, 0.4) is 0 Å². The number of likely N-dealkylation sites (tertiary alicyclic amines) is 1. The Balaban J connectivity index is 1.69. The van der Waals surface area contributed by atoms with Gasteiger partial charge in [-0.15, -0.1) is 0 Å². The van der Waals surface area contributed by atoms with Crippen LogP contribution in [0.5, 0.6) is 0 Å². The van der Waals surface area contributed by atoms with Crippen LogP contribution in [0.1, 0.15) is 43.4 Å². The Morgan fingerprint density at radius 2 is 1.61 bits per heavy atom. The van der Waals surface area contributed by atoms with Crippen LogP contribution in [0.4, 0.5) is 0 Å². The summed E-state index contributed by atoms with van der Waals surface area (Å²) in [5.74, 6) is 0.438. The Morgan fingerprint density at radius 3 is 2.22 bits per heavy atom. The first-order valence-corrected chi connectivity index (χ1v) is 8.56. The standard InChI is InChI=1S/C21H28N2/c1-21(2,3)18-11-9-17(10-12-18)19-14-23(15-20(19)22)13-16-7-5-4-6-8-16/h4-12,19-20H,13-15,22H2,1-3H3. The molecule has 0 amide bonds. The number of nitrogens with two attached hydrogens (primary N) is 1. The molecule has 1 fully saturated rings. The fourth-order valence-electron chi connectivity index (χ4n) is 3.47. The number of hydrogen-bond acceptors (Lipinski definition) is 2. The minimum Gasteiger partial charge on any atom is -0.326 e. The van der Waals surface area contributed by atoms with Gasteiger partial charge in [0, 0.05) is 31.6 Å². The van der Waals surface area contributed by atoms with E-state index in [0.717, 1.165) is 19.6 Å². The number of hydrogen-bond donors (Lipinski definition) is 1. The van der Waals surface area contributed by atoms with Gasteiger partial charge in [0.15, 0.2) is 0 Å². The van der Waals surface area contributed by atoms with Crippen molar-refractivity contribution in [3.05, 3.63) is 71.3 Å². The first-order chi connectivity index (χ1) is 10.9. The van der Waals surface area contributed by atoms with Crippen LogP contribution in [0, 0.1) is 0 Å². The van der Waals surface area contributed by atoms with Gasteiger partial charge in [0.25, 0.3) is 0 Å². The van der Waals surface area contributed by atoms with Crippen LogP contribution in [0.25, 0.3) is 0 Å². The molecule has 0 bridgehead atoms. The Bertz CT molecular complexity index is 625. The van der Waals surface area contributed by atoms with Gasteiger partial charge >= 0.3 is 0 Å². The van der Waals surface area contributed by atoms with E-state index in [1.807, 2.05) is 0 Å². The third-order valence-electron chi connectivity index (χ3n) is 4.89. The van der Waals surface area contributed by atoms with Gasteiger partial charge in [-0.1, -0.05) is 75.4 Å². The Morgan fingerprint density at radius 1 is 0.957 bits per heavy atom. The fraction of sp³-hybridized carbons (Fsp3) is 0.429. The van der Waals surface area contributed by atoms with Gasteiger partial charge < -0.3 is 5.73 Å². The maximum Gasteiger partial charge on any atom is 0.0250 e. The Labute approximate surface area is 140 Å². The zero-order chi connectivity index (χ0) is 16.4. The molecule has 0 aromatic heterocycles. The molecule has 2 unspecified atom stereocenters. The van der Waals surface area contributed by atoms with Crippen LogP contribution in [0.15, 0.2) is 54.6 Å². The lowest BCUT2D eigenvalue weighted by molar-refractivity contribution is 0.324. The molecule has 2 nitrogen and oxygen atoms in total. The monoisotopic (exact) mass is 308 g/mol. The van der Waals surface area contributed by atoms with Gasteiger partial charge in [0.2, 0.25) is 0 Å². The first kappa shape index (κ1) is 16.2. The highest BCUT2D eigenvalue weighted by Crippen LogP contribution is 2.30. The van der Waals surface area contributed by atoms with Gasteiger partial charge in [0.05, 0.1) is 0 Å². The van der Waals surface area contributed by atoms with E-state index >= 15 is 0 Å². The maximum absolute atomic E-state index is 6.44. The van der Waals surface area contributed by atoms with Crippen molar-refractivity contribution in [3.63, 3.8) is 0 Å². The van der Waals surface area contributed by atoms with E-state index in [9.17, 15) is 0 Å². The van der Waals surface area contributed by atoms with E-state index in [4.69, 9.17) is 5.73 Å². The highest BCUT2D eigenvalue weighted by atomic mass is 15.2. The van der Waals surface area contributed by atoms with Crippen molar-refractivity contribution in [1.82, 2.24) is 4.90 Å². The van der Waals surface area contributed by atoms with Gasteiger partial charge in [-0.25, -0.2) is 0 Å². The molecule has 0 saturated carbocycles. The lowest BCUT2D eigenvalue weighted by atomic mass is 9.85. The second-order valence-electron chi connectivity index (χ2n) is 7.82. The molecule has 1 aliphatic heterocycles. The van der Waals surface area contributed by atoms with E-state index in [1.54, 1.807) is 0 Å². The van der Waals surface area contributed by atoms with E-state index < -0.39 is 0 Å². The lowest BCUT2D eigenvalue weighted by Gasteiger charge is -2.21. The minimum absolute atomic E-state index is 0.204. The average Bonchev–Trinajstić information content (AvgIpc) is 2.88. The normalized spacial score (nSPS) is 22.4. The lowest BCUT2D eigenvalue weighted by Crippen LogP contribution is -2.28. The zero-order valence-corrected chi connectivity index (χ0v) is 14.5. The van der Waals surface area contributed by atoms with Crippen molar-refractivity contribution in [2.45, 2.75) is 44.7 Å². The smallest absolute Gasteiger partial charge is 0.0250 e. The van der Waals surface area contributed by atoms with E-state index in [-0.39, 0.29) is 11.5 Å². The van der Waals surface area contributed by atoms with Crippen LogP contribution in [0.2, 0.25) is 0 Å². The van der Waals surface area contributed by atoms with Gasteiger partial charge in [-0.2, -0.15) is 0 Å². The molecule has 23 heavy (non-hydrogen) atoms. The Hall–Kier alpha value is -1.64. The first-order valence-electron chi connectivity index (χ1n) is 8.56. The van der Waals surface area contributed by atoms with Crippen molar-refractivity contribution in [2.75, 3.05) is 13.1 Å². The van der Waals surface area contributed by atoms with Crippen LogP contribution in [-0.4, -0.2) is 24.0 Å². The van der Waals surface area contributed by atoms with Crippen molar-refractivity contribution in [2.24, 2.45) is 5.73 Å². The molecule has 0 aliphatic carbocycles. The summed E-state index contributed by atoms with van der Waals surface area (Å²) in [5.41, 5.74) is 10.8. The highest BCUT2D eigenvalue weighted by molar-refractivity contribution is 5.31. The third kappa shape index (κ3) is 3.82. The van der Waals surface area contributed by atoms with Crippen molar-refractivity contribution in [1.29, 1.82) is 0 Å².